The number of nitrogens with one attached hydrogen (secondary N) is 1. The molecule has 1 N–H and O–H groups in total. The van der Waals surface area contributed by atoms with E-state index >= 15 is 0 Å². The van der Waals surface area contributed by atoms with Crippen LogP contribution in [0.25, 0.3) is 11.0 Å². The molecular formula is C20H21F2N3O3. The van der Waals surface area contributed by atoms with Crippen LogP contribution in [0, 0.1) is 0 Å². The van der Waals surface area contributed by atoms with Crippen LogP contribution in [0.1, 0.15) is 25.5 Å². The minimum absolute atomic E-state index is 0.0239. The van der Waals surface area contributed by atoms with Gasteiger partial charge in [-0.25, -0.2) is 4.79 Å². The van der Waals surface area contributed by atoms with Crippen molar-refractivity contribution in [1.82, 2.24) is 14.5 Å². The highest BCUT2D eigenvalue weighted by atomic mass is 19.3. The predicted molar refractivity (Wildman–Crippen MR) is 102 cm³/mol. The molecule has 0 saturated carbocycles. The molecule has 2 aromatic carbocycles. The van der Waals surface area contributed by atoms with Gasteiger partial charge in [0.25, 0.3) is 0 Å². The Kier molecular flexibility index (Phi) is 5.77. The van der Waals surface area contributed by atoms with E-state index in [1.54, 1.807) is 29.7 Å². The number of halogens is 2. The minimum Gasteiger partial charge on any atom is -0.435 e. The molecule has 3 rings (SSSR count). The smallest absolute Gasteiger partial charge is 0.387 e. The lowest BCUT2D eigenvalue weighted by molar-refractivity contribution is -0.122. The van der Waals surface area contributed by atoms with Crippen LogP contribution < -0.4 is 15.7 Å². The largest absolute Gasteiger partial charge is 0.435 e. The van der Waals surface area contributed by atoms with Crippen LogP contribution in [0.15, 0.2) is 53.3 Å². The normalized spacial score (nSPS) is 12.3. The van der Waals surface area contributed by atoms with Gasteiger partial charge in [-0.1, -0.05) is 24.3 Å². The Balaban J connectivity index is 1.77. The molecular weight excluding hydrogens is 368 g/mol. The summed E-state index contributed by atoms with van der Waals surface area (Å²) in [5.41, 5.74) is 1.82. The Bertz CT molecular complexity index is 1040. The lowest BCUT2D eigenvalue weighted by Gasteiger charge is -2.16. The maximum atomic E-state index is 12.6. The second kappa shape index (κ2) is 8.24. The third-order valence-corrected chi connectivity index (χ3v) is 4.50. The third kappa shape index (κ3) is 4.05. The maximum absolute atomic E-state index is 12.6. The highest BCUT2D eigenvalue weighted by molar-refractivity contribution is 5.81. The summed E-state index contributed by atoms with van der Waals surface area (Å²) in [4.78, 5) is 25.1. The number of fused-ring (bicyclic) bond motifs is 1. The molecule has 0 aliphatic heterocycles. The molecule has 1 unspecified atom stereocenters. The van der Waals surface area contributed by atoms with Crippen molar-refractivity contribution in [2.45, 2.75) is 39.6 Å². The van der Waals surface area contributed by atoms with Crippen molar-refractivity contribution < 1.29 is 18.3 Å². The molecule has 1 aromatic heterocycles. The molecule has 6 nitrogen and oxygen atoms in total. The van der Waals surface area contributed by atoms with Crippen LogP contribution in [0.3, 0.4) is 0 Å². The van der Waals surface area contributed by atoms with Crippen molar-refractivity contribution in [3.63, 3.8) is 0 Å². The number of para-hydroxylation sites is 2. The number of hydrogen-bond acceptors (Lipinski definition) is 3. The Morgan fingerprint density at radius 3 is 2.43 bits per heavy atom. The van der Waals surface area contributed by atoms with E-state index in [9.17, 15) is 18.4 Å². The van der Waals surface area contributed by atoms with Crippen molar-refractivity contribution in [3.05, 3.63) is 64.6 Å². The van der Waals surface area contributed by atoms with Gasteiger partial charge in [0, 0.05) is 6.54 Å². The molecule has 8 heteroatoms. The van der Waals surface area contributed by atoms with Crippen molar-refractivity contribution >= 4 is 16.9 Å². The van der Waals surface area contributed by atoms with Crippen LogP contribution in [0.4, 0.5) is 8.78 Å². The number of carbonyl (C=O) groups excluding carboxylic acids is 1. The molecule has 1 heterocycles. The van der Waals surface area contributed by atoms with Crippen LogP contribution in [-0.4, -0.2) is 21.7 Å². The van der Waals surface area contributed by atoms with E-state index in [-0.39, 0.29) is 23.9 Å². The first-order valence-electron chi connectivity index (χ1n) is 8.93. The highest BCUT2D eigenvalue weighted by Crippen LogP contribution is 2.21. The predicted octanol–water partition coefficient (Wildman–Crippen LogP) is 3.30. The number of ether oxygens (including phenoxy) is 1. The number of amides is 1. The Labute approximate surface area is 160 Å². The van der Waals surface area contributed by atoms with Crippen LogP contribution >= 0.6 is 0 Å². The fourth-order valence-corrected chi connectivity index (χ4v) is 3.20. The van der Waals surface area contributed by atoms with Crippen molar-refractivity contribution in [1.29, 1.82) is 0 Å². The lowest BCUT2D eigenvalue weighted by atomic mass is 10.1. The lowest BCUT2D eigenvalue weighted by Crippen LogP contribution is -2.34. The third-order valence-electron chi connectivity index (χ3n) is 4.50. The van der Waals surface area contributed by atoms with E-state index in [0.29, 0.717) is 17.6 Å². The number of imidazole rings is 1. The first kappa shape index (κ1) is 19.6. The summed E-state index contributed by atoms with van der Waals surface area (Å²) in [7, 11) is 0. The van der Waals surface area contributed by atoms with Gasteiger partial charge >= 0.3 is 12.3 Å². The van der Waals surface area contributed by atoms with Gasteiger partial charge in [0.2, 0.25) is 5.91 Å². The van der Waals surface area contributed by atoms with Crippen LogP contribution in [0.5, 0.6) is 5.75 Å². The van der Waals surface area contributed by atoms with Crippen molar-refractivity contribution in [3.8, 4) is 5.75 Å². The van der Waals surface area contributed by atoms with E-state index in [1.165, 1.54) is 16.7 Å². The first-order chi connectivity index (χ1) is 13.4. The first-order valence-corrected chi connectivity index (χ1v) is 8.93. The van der Waals surface area contributed by atoms with Crippen LogP contribution in [0.2, 0.25) is 0 Å². The zero-order valence-electron chi connectivity index (χ0n) is 15.6. The van der Waals surface area contributed by atoms with Gasteiger partial charge in [0.1, 0.15) is 12.3 Å². The Morgan fingerprint density at radius 2 is 1.79 bits per heavy atom. The second-order valence-electron chi connectivity index (χ2n) is 6.34. The number of benzene rings is 2. The fraction of sp³-hybridized carbons (Fsp3) is 0.300. The number of nitrogens with zero attached hydrogens (tertiary/aromatic N) is 2. The molecule has 0 saturated heterocycles. The Hall–Kier alpha value is -3.16. The number of carbonyl (C=O) groups is 1. The van der Waals surface area contributed by atoms with Gasteiger partial charge in [-0.2, -0.15) is 8.78 Å². The van der Waals surface area contributed by atoms with E-state index in [4.69, 9.17) is 0 Å². The zero-order valence-corrected chi connectivity index (χ0v) is 15.6. The summed E-state index contributed by atoms with van der Waals surface area (Å²) in [6.07, 6.45) is 0. The molecule has 3 aromatic rings. The van der Waals surface area contributed by atoms with E-state index < -0.39 is 12.7 Å². The number of aryl methyl sites for hydroxylation is 1. The molecule has 1 amide bonds. The number of hydrogen-bond donors (Lipinski definition) is 1. The van der Waals surface area contributed by atoms with Crippen LogP contribution in [-0.2, 0) is 17.9 Å². The van der Waals surface area contributed by atoms with Gasteiger partial charge in [-0.3, -0.25) is 13.9 Å². The highest BCUT2D eigenvalue weighted by Gasteiger charge is 2.16. The molecule has 148 valence electrons. The average Bonchev–Trinajstić information content (AvgIpc) is 2.92. The molecule has 0 radical (unpaired) electrons. The van der Waals surface area contributed by atoms with E-state index in [1.807, 2.05) is 25.1 Å². The monoisotopic (exact) mass is 389 g/mol. The minimum atomic E-state index is -2.91. The molecule has 0 spiro atoms. The standard InChI is InChI=1S/C20H21F2N3O3/c1-3-24-16-9-4-5-10-17(16)25(20(24)27)12-18(26)23-13(2)14-7-6-8-15(11-14)28-19(21)22/h4-11,13,19H,3,12H2,1-2H3,(H,23,26). The SMILES string of the molecule is CCn1c(=O)n(CC(=O)NC(C)c2cccc(OC(F)F)c2)c2ccccc21. The molecule has 0 bridgehead atoms. The summed E-state index contributed by atoms with van der Waals surface area (Å²) in [5.74, 6) is -0.329. The Morgan fingerprint density at radius 1 is 1.11 bits per heavy atom. The van der Waals surface area contributed by atoms with E-state index in [2.05, 4.69) is 10.1 Å². The molecule has 0 fully saturated rings. The average molecular weight is 389 g/mol. The van der Waals surface area contributed by atoms with Gasteiger partial charge in [-0.15, -0.1) is 0 Å². The molecule has 0 aliphatic carbocycles. The van der Waals surface area contributed by atoms with Crippen molar-refractivity contribution in [2.24, 2.45) is 0 Å². The number of alkyl halides is 2. The summed E-state index contributed by atoms with van der Waals surface area (Å²) < 4.78 is 32.2. The quantitative estimate of drug-likeness (QED) is 0.674. The number of aromatic nitrogens is 2. The number of rotatable bonds is 7. The van der Waals surface area contributed by atoms with Gasteiger partial charge in [0.15, 0.2) is 0 Å². The fourth-order valence-electron chi connectivity index (χ4n) is 3.20. The molecule has 0 aliphatic rings. The summed E-state index contributed by atoms with van der Waals surface area (Å²) >= 11 is 0. The van der Waals surface area contributed by atoms with E-state index in [0.717, 1.165) is 5.52 Å². The second-order valence-corrected chi connectivity index (χ2v) is 6.34. The van der Waals surface area contributed by atoms with Gasteiger partial charge < -0.3 is 10.1 Å². The summed E-state index contributed by atoms with van der Waals surface area (Å²) in [6, 6.07) is 13.0. The summed E-state index contributed by atoms with van der Waals surface area (Å²) in [6.45, 7) is 1.06. The van der Waals surface area contributed by atoms with Gasteiger partial charge in [0.05, 0.1) is 17.1 Å². The zero-order chi connectivity index (χ0) is 20.3. The van der Waals surface area contributed by atoms with Crippen molar-refractivity contribution in [2.75, 3.05) is 0 Å². The summed E-state index contributed by atoms with van der Waals surface area (Å²) in [5, 5.41) is 2.79. The molecule has 1 atom stereocenters. The van der Waals surface area contributed by atoms with Gasteiger partial charge in [-0.05, 0) is 43.7 Å². The molecule has 28 heavy (non-hydrogen) atoms. The topological polar surface area (TPSA) is 65.3 Å². The maximum Gasteiger partial charge on any atom is 0.387 e.